The molecule has 7 nitrogen and oxygen atoms in total. The molecular formula is C21H18BN3O4. The van der Waals surface area contributed by atoms with Crippen molar-refractivity contribution >= 4 is 35.8 Å². The molecule has 3 aromatic rings. The average molecular weight is 387 g/mol. The van der Waals surface area contributed by atoms with Crippen LogP contribution in [0.3, 0.4) is 0 Å². The maximum atomic E-state index is 12.5. The number of aromatic nitrogens is 1. The molecule has 8 heteroatoms. The second-order valence-corrected chi connectivity index (χ2v) is 6.69. The van der Waals surface area contributed by atoms with E-state index < -0.39 is 7.12 Å². The smallest absolute Gasteiger partial charge is 0.423 e. The Hall–Kier alpha value is -3.49. The zero-order chi connectivity index (χ0) is 20.2. The largest absolute Gasteiger partial charge is 0.491 e. The molecule has 0 saturated heterocycles. The molecule has 0 fully saturated rings. The fourth-order valence-electron chi connectivity index (χ4n) is 3.11. The van der Waals surface area contributed by atoms with E-state index in [0.29, 0.717) is 23.5 Å². The van der Waals surface area contributed by atoms with Crippen molar-refractivity contribution in [1.29, 1.82) is 0 Å². The van der Waals surface area contributed by atoms with Gasteiger partial charge in [-0.2, -0.15) is 0 Å². The highest BCUT2D eigenvalue weighted by molar-refractivity contribution is 6.61. The first-order valence-corrected chi connectivity index (χ1v) is 9.11. The van der Waals surface area contributed by atoms with Gasteiger partial charge in [-0.15, -0.1) is 0 Å². The van der Waals surface area contributed by atoms with E-state index in [-0.39, 0.29) is 18.2 Å². The Morgan fingerprint density at radius 1 is 1.07 bits per heavy atom. The monoisotopic (exact) mass is 387 g/mol. The van der Waals surface area contributed by atoms with Gasteiger partial charge in [-0.1, -0.05) is 12.1 Å². The zero-order valence-corrected chi connectivity index (χ0v) is 15.5. The first kappa shape index (κ1) is 18.9. The van der Waals surface area contributed by atoms with E-state index in [0.717, 1.165) is 16.6 Å². The van der Waals surface area contributed by atoms with Crippen molar-refractivity contribution in [3.05, 3.63) is 83.7 Å². The SMILES string of the molecule is O=C(Cc1cccnc1)Nc1ccc(C(=O)Nc2ccc3c(c2)COB3O)cc1. The molecule has 1 aromatic heterocycles. The number of benzene rings is 2. The molecule has 0 spiro atoms. The zero-order valence-electron chi connectivity index (χ0n) is 15.5. The summed E-state index contributed by atoms with van der Waals surface area (Å²) in [6.45, 7) is 0.313. The molecule has 29 heavy (non-hydrogen) atoms. The third kappa shape index (κ3) is 4.51. The summed E-state index contributed by atoms with van der Waals surface area (Å²) in [5.74, 6) is -0.421. The van der Waals surface area contributed by atoms with Crippen LogP contribution in [0.1, 0.15) is 21.5 Å². The summed E-state index contributed by atoms with van der Waals surface area (Å²) in [6, 6.07) is 15.5. The molecule has 3 N–H and O–H groups in total. The number of hydrogen-bond donors (Lipinski definition) is 3. The van der Waals surface area contributed by atoms with Crippen LogP contribution < -0.4 is 16.1 Å². The fraction of sp³-hybridized carbons (Fsp3) is 0.0952. The van der Waals surface area contributed by atoms with E-state index >= 15 is 0 Å². The molecule has 0 aliphatic carbocycles. The average Bonchev–Trinajstić information content (AvgIpc) is 3.09. The number of nitrogens with zero attached hydrogens (tertiary/aromatic N) is 1. The second-order valence-electron chi connectivity index (χ2n) is 6.69. The summed E-state index contributed by atoms with van der Waals surface area (Å²) in [6.07, 6.45) is 3.54. The van der Waals surface area contributed by atoms with Crippen LogP contribution in [0.4, 0.5) is 11.4 Å². The molecule has 1 aliphatic heterocycles. The first-order chi connectivity index (χ1) is 14.1. The van der Waals surface area contributed by atoms with Crippen LogP contribution in [0.2, 0.25) is 0 Å². The van der Waals surface area contributed by atoms with Crippen LogP contribution in [0.15, 0.2) is 67.0 Å². The quantitative estimate of drug-likeness (QED) is 0.579. The standard InChI is InChI=1S/C21H18BN3O4/c26-20(10-14-2-1-9-23-12-14)24-17-5-3-15(4-6-17)21(27)25-18-7-8-19-16(11-18)13-29-22(19)28/h1-9,11-12,28H,10,13H2,(H,24,26)(H,25,27). The number of carbonyl (C=O) groups is 2. The minimum atomic E-state index is -0.907. The number of carbonyl (C=O) groups excluding carboxylic acids is 2. The lowest BCUT2D eigenvalue weighted by Crippen LogP contribution is -2.27. The van der Waals surface area contributed by atoms with Crippen LogP contribution in [-0.2, 0) is 22.5 Å². The molecule has 0 unspecified atom stereocenters. The highest BCUT2D eigenvalue weighted by Gasteiger charge is 2.27. The maximum absolute atomic E-state index is 12.5. The van der Waals surface area contributed by atoms with Crippen LogP contribution in [0.25, 0.3) is 0 Å². The summed E-state index contributed by atoms with van der Waals surface area (Å²) >= 11 is 0. The molecule has 0 bridgehead atoms. The van der Waals surface area contributed by atoms with Gasteiger partial charge in [0.15, 0.2) is 0 Å². The predicted octanol–water partition coefficient (Wildman–Crippen LogP) is 1.73. The number of anilines is 2. The van der Waals surface area contributed by atoms with Crippen molar-refractivity contribution < 1.29 is 19.3 Å². The van der Waals surface area contributed by atoms with Crippen molar-refractivity contribution in [1.82, 2.24) is 4.98 Å². The first-order valence-electron chi connectivity index (χ1n) is 9.11. The Balaban J connectivity index is 1.36. The molecule has 1 aliphatic rings. The third-order valence-corrected chi connectivity index (χ3v) is 4.58. The van der Waals surface area contributed by atoms with E-state index in [1.807, 2.05) is 6.07 Å². The molecular weight excluding hydrogens is 369 g/mol. The highest BCUT2D eigenvalue weighted by Crippen LogP contribution is 2.17. The minimum absolute atomic E-state index is 0.155. The van der Waals surface area contributed by atoms with Gasteiger partial charge in [-0.05, 0) is 59.1 Å². The van der Waals surface area contributed by atoms with Gasteiger partial charge < -0.3 is 20.3 Å². The molecule has 2 amide bonds. The predicted molar refractivity (Wildman–Crippen MR) is 110 cm³/mol. The Morgan fingerprint density at radius 3 is 2.62 bits per heavy atom. The van der Waals surface area contributed by atoms with E-state index in [1.165, 1.54) is 0 Å². The summed E-state index contributed by atoms with van der Waals surface area (Å²) in [4.78, 5) is 28.6. The lowest BCUT2D eigenvalue weighted by molar-refractivity contribution is -0.115. The van der Waals surface area contributed by atoms with Crippen molar-refractivity contribution in [2.24, 2.45) is 0 Å². The van der Waals surface area contributed by atoms with E-state index in [4.69, 9.17) is 4.65 Å². The fourth-order valence-corrected chi connectivity index (χ4v) is 3.11. The normalized spacial score (nSPS) is 12.4. The van der Waals surface area contributed by atoms with E-state index in [9.17, 15) is 14.6 Å². The van der Waals surface area contributed by atoms with E-state index in [1.54, 1.807) is 60.9 Å². The highest BCUT2D eigenvalue weighted by atomic mass is 16.5. The second kappa shape index (κ2) is 8.26. The molecule has 0 saturated carbocycles. The van der Waals surface area contributed by atoms with Gasteiger partial charge >= 0.3 is 7.12 Å². The number of amides is 2. The van der Waals surface area contributed by atoms with Gasteiger partial charge in [-0.3, -0.25) is 14.6 Å². The van der Waals surface area contributed by atoms with Gasteiger partial charge in [0.2, 0.25) is 5.91 Å². The molecule has 0 atom stereocenters. The Morgan fingerprint density at radius 2 is 1.86 bits per heavy atom. The van der Waals surface area contributed by atoms with Crippen molar-refractivity contribution in [2.45, 2.75) is 13.0 Å². The van der Waals surface area contributed by atoms with Gasteiger partial charge in [0.25, 0.3) is 5.91 Å². The van der Waals surface area contributed by atoms with Gasteiger partial charge in [0.1, 0.15) is 0 Å². The Labute approximate surface area is 167 Å². The molecule has 0 radical (unpaired) electrons. The molecule has 2 heterocycles. The van der Waals surface area contributed by atoms with Crippen molar-refractivity contribution in [3.63, 3.8) is 0 Å². The van der Waals surface area contributed by atoms with Crippen molar-refractivity contribution in [3.8, 4) is 0 Å². The van der Waals surface area contributed by atoms with Gasteiger partial charge in [0.05, 0.1) is 13.0 Å². The Kier molecular flexibility index (Phi) is 5.37. The van der Waals surface area contributed by atoms with Gasteiger partial charge in [0, 0.05) is 29.3 Å². The minimum Gasteiger partial charge on any atom is -0.423 e. The van der Waals surface area contributed by atoms with Crippen LogP contribution in [-0.4, -0.2) is 28.9 Å². The topological polar surface area (TPSA) is 101 Å². The summed E-state index contributed by atoms with van der Waals surface area (Å²) in [7, 11) is -0.907. The summed E-state index contributed by atoms with van der Waals surface area (Å²) < 4.78 is 5.16. The van der Waals surface area contributed by atoms with Crippen LogP contribution in [0, 0.1) is 0 Å². The molecule has 2 aromatic carbocycles. The number of rotatable bonds is 5. The lowest BCUT2D eigenvalue weighted by atomic mass is 9.79. The summed E-state index contributed by atoms with van der Waals surface area (Å²) in [5.41, 5.74) is 4.09. The number of nitrogens with one attached hydrogen (secondary N) is 2. The Bertz CT molecular complexity index is 1040. The third-order valence-electron chi connectivity index (χ3n) is 4.58. The van der Waals surface area contributed by atoms with Crippen LogP contribution >= 0.6 is 0 Å². The lowest BCUT2D eigenvalue weighted by Gasteiger charge is -2.09. The van der Waals surface area contributed by atoms with Crippen LogP contribution in [0.5, 0.6) is 0 Å². The number of pyridine rings is 1. The van der Waals surface area contributed by atoms with Crippen molar-refractivity contribution in [2.75, 3.05) is 10.6 Å². The maximum Gasteiger partial charge on any atom is 0.491 e. The number of fused-ring (bicyclic) bond motifs is 1. The van der Waals surface area contributed by atoms with Gasteiger partial charge in [-0.25, -0.2) is 0 Å². The number of hydrogen-bond acceptors (Lipinski definition) is 5. The summed E-state index contributed by atoms with van der Waals surface area (Å²) in [5, 5.41) is 15.3. The molecule has 144 valence electrons. The van der Waals surface area contributed by atoms with E-state index in [2.05, 4.69) is 15.6 Å². The molecule has 4 rings (SSSR count).